The summed E-state index contributed by atoms with van der Waals surface area (Å²) in [5.41, 5.74) is 2.94. The van der Waals surface area contributed by atoms with E-state index in [-0.39, 0.29) is 0 Å². The molecule has 0 saturated heterocycles. The van der Waals surface area contributed by atoms with Gasteiger partial charge in [0.25, 0.3) is 0 Å². The summed E-state index contributed by atoms with van der Waals surface area (Å²) in [6, 6.07) is 7.94. The number of hydrogen-bond donors (Lipinski definition) is 0. The molecule has 66 valence electrons. The monoisotopic (exact) mass is 173 g/mol. The first-order valence-electron chi connectivity index (χ1n) is 4.25. The van der Waals surface area contributed by atoms with Crippen molar-refractivity contribution in [1.82, 2.24) is 4.57 Å². The SMILES string of the molecule is Cc1c(C=O)c2ccccc2n1C. The summed E-state index contributed by atoms with van der Waals surface area (Å²) in [4.78, 5) is 10.8. The molecule has 0 unspecified atom stereocenters. The van der Waals surface area contributed by atoms with Crippen LogP contribution in [0.3, 0.4) is 0 Å². The van der Waals surface area contributed by atoms with Gasteiger partial charge in [0.1, 0.15) is 0 Å². The fraction of sp³-hybridized carbons (Fsp3) is 0.182. The van der Waals surface area contributed by atoms with E-state index < -0.39 is 0 Å². The normalized spacial score (nSPS) is 10.6. The van der Waals surface area contributed by atoms with E-state index in [1.54, 1.807) is 0 Å². The van der Waals surface area contributed by atoms with Crippen LogP contribution in [0.2, 0.25) is 0 Å². The molecule has 2 aromatic rings. The van der Waals surface area contributed by atoms with Crippen molar-refractivity contribution >= 4 is 17.2 Å². The number of hydrogen-bond acceptors (Lipinski definition) is 1. The summed E-state index contributed by atoms with van der Waals surface area (Å²) in [7, 11) is 1.98. The highest BCUT2D eigenvalue weighted by Gasteiger charge is 2.09. The molecular formula is C11H11NO. The molecule has 0 atom stereocenters. The Labute approximate surface area is 76.8 Å². The van der Waals surface area contributed by atoms with Gasteiger partial charge in [-0.05, 0) is 13.0 Å². The molecule has 1 heterocycles. The third-order valence-corrected chi connectivity index (χ3v) is 2.57. The van der Waals surface area contributed by atoms with Gasteiger partial charge in [-0.25, -0.2) is 0 Å². The standard InChI is InChI=1S/C11H11NO/c1-8-10(7-13)9-5-3-4-6-11(9)12(8)2/h3-7H,1-2H3. The van der Waals surface area contributed by atoms with Crippen LogP contribution < -0.4 is 0 Å². The number of aldehydes is 1. The van der Waals surface area contributed by atoms with Crippen molar-refractivity contribution in [2.75, 3.05) is 0 Å². The molecule has 0 aliphatic heterocycles. The van der Waals surface area contributed by atoms with Crippen LogP contribution in [0.25, 0.3) is 10.9 Å². The molecule has 1 aromatic carbocycles. The predicted molar refractivity (Wildman–Crippen MR) is 53.0 cm³/mol. The van der Waals surface area contributed by atoms with E-state index in [2.05, 4.69) is 0 Å². The number of rotatable bonds is 1. The highest BCUT2D eigenvalue weighted by Crippen LogP contribution is 2.22. The Bertz CT molecular complexity index is 468. The molecule has 2 heteroatoms. The van der Waals surface area contributed by atoms with Crippen molar-refractivity contribution in [1.29, 1.82) is 0 Å². The summed E-state index contributed by atoms with van der Waals surface area (Å²) in [6.45, 7) is 1.96. The lowest BCUT2D eigenvalue weighted by Gasteiger charge is -1.96. The summed E-state index contributed by atoms with van der Waals surface area (Å²) >= 11 is 0. The summed E-state index contributed by atoms with van der Waals surface area (Å²) < 4.78 is 2.04. The molecule has 0 aliphatic rings. The van der Waals surface area contributed by atoms with Crippen LogP contribution in [0, 0.1) is 6.92 Å². The smallest absolute Gasteiger partial charge is 0.152 e. The molecule has 0 bridgehead atoms. The lowest BCUT2D eigenvalue weighted by atomic mass is 10.1. The Morgan fingerprint density at radius 2 is 2.00 bits per heavy atom. The second-order valence-electron chi connectivity index (χ2n) is 3.19. The Morgan fingerprint density at radius 3 is 2.69 bits per heavy atom. The second-order valence-corrected chi connectivity index (χ2v) is 3.19. The Kier molecular flexibility index (Phi) is 1.69. The summed E-state index contributed by atoms with van der Waals surface area (Å²) in [6.07, 6.45) is 0.928. The largest absolute Gasteiger partial charge is 0.347 e. The number of nitrogens with zero attached hydrogens (tertiary/aromatic N) is 1. The first-order valence-corrected chi connectivity index (χ1v) is 4.25. The number of carbonyl (C=O) groups excluding carboxylic acids is 1. The summed E-state index contributed by atoms with van der Waals surface area (Å²) in [5, 5.41) is 1.04. The number of para-hydroxylation sites is 1. The molecule has 0 aliphatic carbocycles. The van der Waals surface area contributed by atoms with Crippen LogP contribution in [-0.2, 0) is 7.05 Å². The second kappa shape index (κ2) is 2.73. The number of aryl methyl sites for hydroxylation is 1. The highest BCUT2D eigenvalue weighted by molar-refractivity contribution is 5.99. The van der Waals surface area contributed by atoms with Crippen LogP contribution in [0.1, 0.15) is 16.1 Å². The zero-order valence-electron chi connectivity index (χ0n) is 7.74. The number of carbonyl (C=O) groups is 1. The minimum Gasteiger partial charge on any atom is -0.347 e. The van der Waals surface area contributed by atoms with Crippen molar-refractivity contribution in [3.05, 3.63) is 35.5 Å². The maximum Gasteiger partial charge on any atom is 0.152 e. The molecule has 2 rings (SSSR count). The van der Waals surface area contributed by atoms with Gasteiger partial charge in [0.2, 0.25) is 0 Å². The molecule has 0 spiro atoms. The fourth-order valence-electron chi connectivity index (χ4n) is 1.70. The maximum atomic E-state index is 10.8. The molecule has 0 N–H and O–H groups in total. The Hall–Kier alpha value is -1.57. The third kappa shape index (κ3) is 0.985. The van der Waals surface area contributed by atoms with E-state index in [4.69, 9.17) is 0 Å². The zero-order valence-corrected chi connectivity index (χ0v) is 7.74. The van der Waals surface area contributed by atoms with Gasteiger partial charge in [-0.1, -0.05) is 18.2 Å². The van der Waals surface area contributed by atoms with Gasteiger partial charge >= 0.3 is 0 Å². The van der Waals surface area contributed by atoms with Crippen molar-refractivity contribution in [2.45, 2.75) is 6.92 Å². The van der Waals surface area contributed by atoms with Gasteiger partial charge in [-0.15, -0.1) is 0 Å². The van der Waals surface area contributed by atoms with Crippen LogP contribution >= 0.6 is 0 Å². The van der Waals surface area contributed by atoms with E-state index in [0.717, 1.165) is 28.4 Å². The van der Waals surface area contributed by atoms with Gasteiger partial charge < -0.3 is 4.57 Å². The zero-order chi connectivity index (χ0) is 9.42. The first kappa shape index (κ1) is 8.05. The third-order valence-electron chi connectivity index (χ3n) is 2.57. The van der Waals surface area contributed by atoms with E-state index in [1.807, 2.05) is 42.8 Å². The summed E-state index contributed by atoms with van der Waals surface area (Å²) in [5.74, 6) is 0. The lowest BCUT2D eigenvalue weighted by molar-refractivity contribution is 0.112. The minimum atomic E-state index is 0.804. The number of benzene rings is 1. The minimum absolute atomic E-state index is 0.804. The molecule has 2 nitrogen and oxygen atoms in total. The molecule has 0 amide bonds. The topological polar surface area (TPSA) is 22.0 Å². The Morgan fingerprint density at radius 1 is 1.31 bits per heavy atom. The number of fused-ring (bicyclic) bond motifs is 1. The van der Waals surface area contributed by atoms with Crippen LogP contribution in [0.15, 0.2) is 24.3 Å². The Balaban J connectivity index is 2.98. The van der Waals surface area contributed by atoms with Crippen LogP contribution in [-0.4, -0.2) is 10.9 Å². The quantitative estimate of drug-likeness (QED) is 0.606. The number of aromatic nitrogens is 1. The lowest BCUT2D eigenvalue weighted by Crippen LogP contribution is -1.91. The highest BCUT2D eigenvalue weighted by atomic mass is 16.1. The van der Waals surface area contributed by atoms with Crippen LogP contribution in [0.4, 0.5) is 0 Å². The average molecular weight is 173 g/mol. The molecule has 0 fully saturated rings. The predicted octanol–water partition coefficient (Wildman–Crippen LogP) is 2.30. The van der Waals surface area contributed by atoms with Gasteiger partial charge in [-0.2, -0.15) is 0 Å². The molecule has 0 radical (unpaired) electrons. The molecular weight excluding hydrogens is 162 g/mol. The molecule has 0 saturated carbocycles. The van der Waals surface area contributed by atoms with Crippen molar-refractivity contribution in [3.63, 3.8) is 0 Å². The maximum absolute atomic E-state index is 10.8. The molecule has 1 aromatic heterocycles. The van der Waals surface area contributed by atoms with Crippen molar-refractivity contribution in [2.24, 2.45) is 7.05 Å². The average Bonchev–Trinajstić information content (AvgIpc) is 2.41. The van der Waals surface area contributed by atoms with E-state index >= 15 is 0 Å². The fourth-order valence-corrected chi connectivity index (χ4v) is 1.70. The van der Waals surface area contributed by atoms with Crippen LogP contribution in [0.5, 0.6) is 0 Å². The van der Waals surface area contributed by atoms with Gasteiger partial charge in [0.15, 0.2) is 6.29 Å². The van der Waals surface area contributed by atoms with Gasteiger partial charge in [0, 0.05) is 29.2 Å². The van der Waals surface area contributed by atoms with Crippen molar-refractivity contribution in [3.8, 4) is 0 Å². The van der Waals surface area contributed by atoms with Crippen molar-refractivity contribution < 1.29 is 4.79 Å². The molecule has 13 heavy (non-hydrogen) atoms. The van der Waals surface area contributed by atoms with E-state index in [1.165, 1.54) is 0 Å². The first-order chi connectivity index (χ1) is 6.25. The van der Waals surface area contributed by atoms with E-state index in [0.29, 0.717) is 0 Å². The van der Waals surface area contributed by atoms with E-state index in [9.17, 15) is 4.79 Å². The van der Waals surface area contributed by atoms with Gasteiger partial charge in [0.05, 0.1) is 0 Å². The van der Waals surface area contributed by atoms with Gasteiger partial charge in [-0.3, -0.25) is 4.79 Å².